The Morgan fingerprint density at radius 2 is 1.92 bits per heavy atom. The van der Waals surface area contributed by atoms with Gasteiger partial charge in [-0.25, -0.2) is 0 Å². The van der Waals surface area contributed by atoms with Gasteiger partial charge in [-0.3, -0.25) is 4.79 Å². The van der Waals surface area contributed by atoms with Crippen LogP contribution in [0.25, 0.3) is 11.4 Å². The van der Waals surface area contributed by atoms with Crippen molar-refractivity contribution in [3.8, 4) is 22.9 Å². The SMILES string of the molecule is COc1ccc(-c2noc(C(=O)NC3CCCCC3)n2)cc1OC. The Balaban J connectivity index is 1.74. The molecule has 1 fully saturated rings. The third kappa shape index (κ3) is 3.50. The summed E-state index contributed by atoms with van der Waals surface area (Å²) < 4.78 is 15.6. The van der Waals surface area contributed by atoms with Crippen LogP contribution in [0.15, 0.2) is 22.7 Å². The molecule has 1 aromatic carbocycles. The zero-order chi connectivity index (χ0) is 16.9. The van der Waals surface area contributed by atoms with Crippen molar-refractivity contribution < 1.29 is 18.8 Å². The van der Waals surface area contributed by atoms with E-state index >= 15 is 0 Å². The molecular weight excluding hydrogens is 310 g/mol. The zero-order valence-corrected chi connectivity index (χ0v) is 13.9. The number of methoxy groups -OCH3 is 2. The minimum atomic E-state index is -0.318. The highest BCUT2D eigenvalue weighted by Gasteiger charge is 2.21. The second-order valence-corrected chi connectivity index (χ2v) is 5.80. The van der Waals surface area contributed by atoms with Crippen molar-refractivity contribution >= 4 is 5.91 Å². The van der Waals surface area contributed by atoms with E-state index in [9.17, 15) is 4.79 Å². The molecule has 2 aromatic rings. The number of nitrogens with zero attached hydrogens (tertiary/aromatic N) is 2. The standard InChI is InChI=1S/C17H21N3O4/c1-22-13-9-8-11(10-14(13)23-2)15-19-17(24-20-15)16(21)18-12-6-4-3-5-7-12/h8-10,12H,3-7H2,1-2H3,(H,18,21). The summed E-state index contributed by atoms with van der Waals surface area (Å²) in [6, 6.07) is 5.48. The molecule has 0 unspecified atom stereocenters. The number of hydrogen-bond donors (Lipinski definition) is 1. The van der Waals surface area contributed by atoms with E-state index in [2.05, 4.69) is 15.5 Å². The lowest BCUT2D eigenvalue weighted by molar-refractivity contribution is 0.0883. The van der Waals surface area contributed by atoms with Gasteiger partial charge in [0, 0.05) is 11.6 Å². The van der Waals surface area contributed by atoms with Crippen LogP contribution < -0.4 is 14.8 Å². The van der Waals surface area contributed by atoms with Crippen molar-refractivity contribution in [2.75, 3.05) is 14.2 Å². The fourth-order valence-electron chi connectivity index (χ4n) is 2.90. The van der Waals surface area contributed by atoms with Crippen LogP contribution in [0.1, 0.15) is 42.8 Å². The molecule has 3 rings (SSSR count). The second kappa shape index (κ2) is 7.33. The van der Waals surface area contributed by atoms with E-state index in [4.69, 9.17) is 14.0 Å². The number of hydrogen-bond acceptors (Lipinski definition) is 6. The minimum Gasteiger partial charge on any atom is -0.493 e. The predicted molar refractivity (Wildman–Crippen MR) is 87.2 cm³/mol. The van der Waals surface area contributed by atoms with Crippen LogP contribution in [0, 0.1) is 0 Å². The molecule has 1 aliphatic rings. The number of carbonyl (C=O) groups is 1. The third-order valence-electron chi connectivity index (χ3n) is 4.20. The van der Waals surface area contributed by atoms with Gasteiger partial charge in [-0.15, -0.1) is 0 Å². The highest BCUT2D eigenvalue weighted by Crippen LogP contribution is 2.31. The molecule has 0 aliphatic heterocycles. The fourth-order valence-corrected chi connectivity index (χ4v) is 2.90. The molecule has 0 atom stereocenters. The van der Waals surface area contributed by atoms with E-state index < -0.39 is 0 Å². The van der Waals surface area contributed by atoms with Crippen LogP contribution >= 0.6 is 0 Å². The van der Waals surface area contributed by atoms with Gasteiger partial charge in [-0.05, 0) is 31.0 Å². The third-order valence-corrected chi connectivity index (χ3v) is 4.20. The average molecular weight is 331 g/mol. The Hall–Kier alpha value is -2.57. The predicted octanol–water partition coefficient (Wildman–Crippen LogP) is 2.82. The summed E-state index contributed by atoms with van der Waals surface area (Å²) in [5.74, 6) is 1.17. The van der Waals surface area contributed by atoms with Crippen LogP contribution in [0.4, 0.5) is 0 Å². The fraction of sp³-hybridized carbons (Fsp3) is 0.471. The first-order valence-electron chi connectivity index (χ1n) is 8.08. The van der Waals surface area contributed by atoms with Gasteiger partial charge in [0.1, 0.15) is 0 Å². The Labute approximate surface area is 140 Å². The number of amides is 1. The minimum absolute atomic E-state index is 0.0228. The summed E-state index contributed by atoms with van der Waals surface area (Å²) in [4.78, 5) is 16.4. The molecule has 7 heteroatoms. The maximum Gasteiger partial charge on any atom is 0.316 e. The Kier molecular flexibility index (Phi) is 4.98. The maximum atomic E-state index is 12.2. The number of benzene rings is 1. The van der Waals surface area contributed by atoms with Crippen LogP contribution in [0.5, 0.6) is 11.5 Å². The van der Waals surface area contributed by atoms with E-state index in [-0.39, 0.29) is 17.8 Å². The van der Waals surface area contributed by atoms with Gasteiger partial charge >= 0.3 is 11.8 Å². The van der Waals surface area contributed by atoms with E-state index in [1.54, 1.807) is 32.4 Å². The van der Waals surface area contributed by atoms with Crippen molar-refractivity contribution in [1.82, 2.24) is 15.5 Å². The first kappa shape index (κ1) is 16.3. The first-order chi connectivity index (χ1) is 11.7. The molecule has 1 heterocycles. The normalized spacial score (nSPS) is 15.1. The molecule has 0 spiro atoms. The van der Waals surface area contributed by atoms with E-state index in [0.29, 0.717) is 22.9 Å². The molecule has 128 valence electrons. The molecule has 0 radical (unpaired) electrons. The van der Waals surface area contributed by atoms with Crippen molar-refractivity contribution in [2.45, 2.75) is 38.1 Å². The van der Waals surface area contributed by atoms with E-state index in [0.717, 1.165) is 25.7 Å². The lowest BCUT2D eigenvalue weighted by Gasteiger charge is -2.21. The van der Waals surface area contributed by atoms with Gasteiger partial charge < -0.3 is 19.3 Å². The van der Waals surface area contributed by atoms with Gasteiger partial charge in [0.05, 0.1) is 14.2 Å². The Morgan fingerprint density at radius 1 is 1.17 bits per heavy atom. The van der Waals surface area contributed by atoms with Gasteiger partial charge in [0.15, 0.2) is 11.5 Å². The summed E-state index contributed by atoms with van der Waals surface area (Å²) in [5, 5.41) is 6.85. The van der Waals surface area contributed by atoms with Crippen LogP contribution in [0.2, 0.25) is 0 Å². The molecule has 0 bridgehead atoms. The van der Waals surface area contributed by atoms with Crippen LogP contribution in [-0.2, 0) is 0 Å². The molecule has 24 heavy (non-hydrogen) atoms. The molecule has 0 saturated heterocycles. The van der Waals surface area contributed by atoms with Crippen molar-refractivity contribution in [2.24, 2.45) is 0 Å². The zero-order valence-electron chi connectivity index (χ0n) is 13.9. The molecule has 1 aliphatic carbocycles. The summed E-state index contributed by atoms with van der Waals surface area (Å²) in [5.41, 5.74) is 0.688. The largest absolute Gasteiger partial charge is 0.493 e. The average Bonchev–Trinajstić information content (AvgIpc) is 3.12. The molecular formula is C17H21N3O4. The number of rotatable bonds is 5. The molecule has 1 N–H and O–H groups in total. The molecule has 1 amide bonds. The number of nitrogens with one attached hydrogen (secondary N) is 1. The first-order valence-corrected chi connectivity index (χ1v) is 8.08. The summed E-state index contributed by atoms with van der Waals surface area (Å²) in [6.45, 7) is 0. The summed E-state index contributed by atoms with van der Waals surface area (Å²) >= 11 is 0. The van der Waals surface area contributed by atoms with Crippen molar-refractivity contribution in [1.29, 1.82) is 0 Å². The Bertz CT molecular complexity index is 708. The molecule has 1 aromatic heterocycles. The quantitative estimate of drug-likeness (QED) is 0.906. The van der Waals surface area contributed by atoms with E-state index in [1.807, 2.05) is 0 Å². The number of carbonyl (C=O) groups excluding carboxylic acids is 1. The molecule has 1 saturated carbocycles. The lowest BCUT2D eigenvalue weighted by atomic mass is 9.95. The Morgan fingerprint density at radius 3 is 2.62 bits per heavy atom. The smallest absolute Gasteiger partial charge is 0.316 e. The van der Waals surface area contributed by atoms with Crippen molar-refractivity contribution in [3.05, 3.63) is 24.1 Å². The lowest BCUT2D eigenvalue weighted by Crippen LogP contribution is -2.36. The second-order valence-electron chi connectivity index (χ2n) is 5.80. The van der Waals surface area contributed by atoms with E-state index in [1.165, 1.54) is 6.42 Å². The van der Waals surface area contributed by atoms with Gasteiger partial charge in [0.2, 0.25) is 5.82 Å². The number of ether oxygens (including phenoxy) is 2. The number of aromatic nitrogens is 2. The summed E-state index contributed by atoms with van der Waals surface area (Å²) in [7, 11) is 3.13. The molecule has 7 nitrogen and oxygen atoms in total. The summed E-state index contributed by atoms with van der Waals surface area (Å²) in [6.07, 6.45) is 5.53. The maximum absolute atomic E-state index is 12.2. The van der Waals surface area contributed by atoms with Gasteiger partial charge in [0.25, 0.3) is 0 Å². The topological polar surface area (TPSA) is 86.5 Å². The highest BCUT2D eigenvalue weighted by atomic mass is 16.5. The monoisotopic (exact) mass is 331 g/mol. The van der Waals surface area contributed by atoms with Gasteiger partial charge in [-0.2, -0.15) is 4.98 Å². The van der Waals surface area contributed by atoms with Crippen molar-refractivity contribution in [3.63, 3.8) is 0 Å². The van der Waals surface area contributed by atoms with Gasteiger partial charge in [-0.1, -0.05) is 24.4 Å². The highest BCUT2D eigenvalue weighted by molar-refractivity contribution is 5.90. The van der Waals surface area contributed by atoms with Crippen LogP contribution in [-0.4, -0.2) is 36.3 Å². The van der Waals surface area contributed by atoms with Crippen LogP contribution in [0.3, 0.4) is 0 Å².